The Labute approximate surface area is 90.5 Å². The number of aryl methyl sites for hydroxylation is 1. The summed E-state index contributed by atoms with van der Waals surface area (Å²) in [4.78, 5) is 4.21. The molecule has 0 atom stereocenters. The number of hydrogen-bond donors (Lipinski definition) is 0. The molecule has 0 spiro atoms. The number of rotatable bonds is 2. The van der Waals surface area contributed by atoms with Crippen molar-refractivity contribution in [2.24, 2.45) is 7.05 Å². The van der Waals surface area contributed by atoms with E-state index in [1.165, 1.54) is 0 Å². The molecule has 6 nitrogen and oxygen atoms in total. The van der Waals surface area contributed by atoms with Gasteiger partial charge in [-0.1, -0.05) is 5.16 Å². The summed E-state index contributed by atoms with van der Waals surface area (Å²) in [6.45, 7) is 0. The first-order valence-electron chi connectivity index (χ1n) is 4.69. The lowest BCUT2D eigenvalue weighted by molar-refractivity contribution is 0.417. The van der Waals surface area contributed by atoms with Crippen LogP contribution in [0.15, 0.2) is 39.7 Å². The number of nitrogens with zero attached hydrogens (tertiary/aromatic N) is 4. The molecular weight excluding hydrogens is 208 g/mol. The van der Waals surface area contributed by atoms with Crippen LogP contribution in [0.25, 0.3) is 23.0 Å². The molecule has 0 fully saturated rings. The molecule has 0 aliphatic carbocycles. The molecular formula is C10H8N4O2. The predicted molar refractivity (Wildman–Crippen MR) is 54.2 cm³/mol. The molecule has 0 radical (unpaired) electrons. The molecule has 16 heavy (non-hydrogen) atoms. The lowest BCUT2D eigenvalue weighted by Crippen LogP contribution is -1.84. The highest BCUT2D eigenvalue weighted by Gasteiger charge is 2.13. The van der Waals surface area contributed by atoms with Gasteiger partial charge in [-0.2, -0.15) is 10.1 Å². The highest BCUT2D eigenvalue weighted by atomic mass is 16.5. The fourth-order valence-electron chi connectivity index (χ4n) is 1.38. The zero-order valence-corrected chi connectivity index (χ0v) is 8.49. The topological polar surface area (TPSA) is 69.9 Å². The molecule has 3 aromatic heterocycles. The Hall–Kier alpha value is -2.37. The Kier molecular flexibility index (Phi) is 1.86. The smallest absolute Gasteiger partial charge is 0.293 e. The van der Waals surface area contributed by atoms with Crippen LogP contribution in [0.4, 0.5) is 0 Å². The molecule has 0 amide bonds. The van der Waals surface area contributed by atoms with E-state index in [-0.39, 0.29) is 0 Å². The average Bonchev–Trinajstić information content (AvgIpc) is 2.97. The van der Waals surface area contributed by atoms with E-state index in [1.807, 2.05) is 13.2 Å². The van der Waals surface area contributed by atoms with Gasteiger partial charge in [0.25, 0.3) is 5.89 Å². The summed E-state index contributed by atoms with van der Waals surface area (Å²) in [5.74, 6) is 1.42. The standard InChI is InChI=1S/C10H8N4O2/c1-14-6-7(5-11-14)9-12-10(16-13-9)8-3-2-4-15-8/h2-6H,1H3. The van der Waals surface area contributed by atoms with Crippen LogP contribution < -0.4 is 0 Å². The zero-order valence-electron chi connectivity index (χ0n) is 8.49. The van der Waals surface area contributed by atoms with Crippen molar-refractivity contribution < 1.29 is 8.94 Å². The molecule has 3 aromatic rings. The molecule has 0 bridgehead atoms. The molecule has 0 unspecified atom stereocenters. The van der Waals surface area contributed by atoms with Gasteiger partial charge >= 0.3 is 0 Å². The van der Waals surface area contributed by atoms with Crippen LogP contribution in [0.5, 0.6) is 0 Å². The molecule has 3 rings (SSSR count). The second kappa shape index (κ2) is 3.34. The fourth-order valence-corrected chi connectivity index (χ4v) is 1.38. The van der Waals surface area contributed by atoms with Crippen molar-refractivity contribution >= 4 is 0 Å². The molecule has 0 aliphatic rings. The SMILES string of the molecule is Cn1cc(-c2noc(-c3ccco3)n2)cn1. The van der Waals surface area contributed by atoms with Gasteiger partial charge in [-0.15, -0.1) is 0 Å². The van der Waals surface area contributed by atoms with Crippen LogP contribution in [0, 0.1) is 0 Å². The molecule has 0 aliphatic heterocycles. The van der Waals surface area contributed by atoms with E-state index in [2.05, 4.69) is 15.2 Å². The van der Waals surface area contributed by atoms with Crippen molar-refractivity contribution in [3.05, 3.63) is 30.8 Å². The maximum absolute atomic E-state index is 5.16. The summed E-state index contributed by atoms with van der Waals surface area (Å²) in [6, 6.07) is 3.53. The fraction of sp³-hybridized carbons (Fsp3) is 0.100. The minimum atomic E-state index is 0.365. The highest BCUT2D eigenvalue weighted by Crippen LogP contribution is 2.21. The van der Waals surface area contributed by atoms with Gasteiger partial charge in [0, 0.05) is 13.2 Å². The van der Waals surface area contributed by atoms with Crippen molar-refractivity contribution in [2.45, 2.75) is 0 Å². The summed E-state index contributed by atoms with van der Waals surface area (Å²) in [6.07, 6.45) is 5.05. The van der Waals surface area contributed by atoms with Gasteiger partial charge in [-0.3, -0.25) is 4.68 Å². The van der Waals surface area contributed by atoms with E-state index < -0.39 is 0 Å². The largest absolute Gasteiger partial charge is 0.459 e. The second-order valence-corrected chi connectivity index (χ2v) is 3.30. The number of furan rings is 1. The lowest BCUT2D eigenvalue weighted by Gasteiger charge is -1.84. The van der Waals surface area contributed by atoms with E-state index >= 15 is 0 Å². The van der Waals surface area contributed by atoms with Gasteiger partial charge in [0.1, 0.15) is 0 Å². The van der Waals surface area contributed by atoms with E-state index in [9.17, 15) is 0 Å². The Morgan fingerprint density at radius 3 is 3.00 bits per heavy atom. The summed E-state index contributed by atoms with van der Waals surface area (Å²) in [5.41, 5.74) is 0.809. The van der Waals surface area contributed by atoms with E-state index in [0.29, 0.717) is 17.5 Å². The molecule has 0 N–H and O–H groups in total. The lowest BCUT2D eigenvalue weighted by atomic mass is 10.3. The summed E-state index contributed by atoms with van der Waals surface area (Å²) >= 11 is 0. The maximum atomic E-state index is 5.16. The second-order valence-electron chi connectivity index (χ2n) is 3.30. The molecule has 0 aromatic carbocycles. The highest BCUT2D eigenvalue weighted by molar-refractivity contribution is 5.55. The first-order valence-corrected chi connectivity index (χ1v) is 4.69. The molecule has 3 heterocycles. The van der Waals surface area contributed by atoms with Gasteiger partial charge < -0.3 is 8.94 Å². The average molecular weight is 216 g/mol. The van der Waals surface area contributed by atoms with Gasteiger partial charge in [0.05, 0.1) is 18.0 Å². The zero-order chi connectivity index (χ0) is 11.0. The molecule has 0 saturated heterocycles. The maximum Gasteiger partial charge on any atom is 0.293 e. The van der Waals surface area contributed by atoms with Gasteiger partial charge in [-0.25, -0.2) is 0 Å². The number of aromatic nitrogens is 4. The van der Waals surface area contributed by atoms with Crippen LogP contribution in [-0.4, -0.2) is 19.9 Å². The summed E-state index contributed by atoms with van der Waals surface area (Å²) in [5, 5.41) is 7.89. The van der Waals surface area contributed by atoms with E-state index in [4.69, 9.17) is 8.94 Å². The third kappa shape index (κ3) is 1.40. The predicted octanol–water partition coefficient (Wildman–Crippen LogP) is 1.73. The summed E-state index contributed by atoms with van der Waals surface area (Å²) in [7, 11) is 1.83. The Balaban J connectivity index is 2.00. The van der Waals surface area contributed by atoms with Crippen LogP contribution in [-0.2, 0) is 7.05 Å². The van der Waals surface area contributed by atoms with Gasteiger partial charge in [0.15, 0.2) is 5.76 Å². The van der Waals surface area contributed by atoms with Crippen molar-refractivity contribution in [3.8, 4) is 23.0 Å². The van der Waals surface area contributed by atoms with E-state index in [0.717, 1.165) is 5.56 Å². The molecule has 6 heteroatoms. The third-order valence-electron chi connectivity index (χ3n) is 2.12. The van der Waals surface area contributed by atoms with Crippen molar-refractivity contribution in [1.82, 2.24) is 19.9 Å². The summed E-state index contributed by atoms with van der Waals surface area (Å²) < 4.78 is 11.9. The third-order valence-corrected chi connectivity index (χ3v) is 2.12. The van der Waals surface area contributed by atoms with Crippen molar-refractivity contribution in [1.29, 1.82) is 0 Å². The Morgan fingerprint density at radius 2 is 2.31 bits per heavy atom. The molecule has 80 valence electrons. The minimum absolute atomic E-state index is 0.365. The van der Waals surface area contributed by atoms with Gasteiger partial charge in [0.2, 0.25) is 5.82 Å². The van der Waals surface area contributed by atoms with E-state index in [1.54, 1.807) is 29.3 Å². The van der Waals surface area contributed by atoms with Crippen LogP contribution in [0.3, 0.4) is 0 Å². The monoisotopic (exact) mass is 216 g/mol. The van der Waals surface area contributed by atoms with Crippen molar-refractivity contribution in [2.75, 3.05) is 0 Å². The normalized spacial score (nSPS) is 10.8. The first kappa shape index (κ1) is 8.90. The van der Waals surface area contributed by atoms with Crippen LogP contribution >= 0.6 is 0 Å². The first-order chi connectivity index (χ1) is 7.83. The Bertz CT molecular complexity index is 594. The molecule has 0 saturated carbocycles. The van der Waals surface area contributed by atoms with Crippen molar-refractivity contribution in [3.63, 3.8) is 0 Å². The van der Waals surface area contributed by atoms with Gasteiger partial charge in [-0.05, 0) is 12.1 Å². The minimum Gasteiger partial charge on any atom is -0.459 e. The van der Waals surface area contributed by atoms with Crippen LogP contribution in [0.2, 0.25) is 0 Å². The number of hydrogen-bond acceptors (Lipinski definition) is 5. The quantitative estimate of drug-likeness (QED) is 0.652. The van der Waals surface area contributed by atoms with Crippen LogP contribution in [0.1, 0.15) is 0 Å². The Morgan fingerprint density at radius 1 is 1.38 bits per heavy atom.